The molecule has 0 aliphatic carbocycles. The minimum absolute atomic E-state index is 0.0577. The Balaban J connectivity index is 2.18. The summed E-state index contributed by atoms with van der Waals surface area (Å²) in [4.78, 5) is 17.6. The molecule has 0 saturated carbocycles. The van der Waals surface area contributed by atoms with Gasteiger partial charge in [0.1, 0.15) is 11.6 Å². The summed E-state index contributed by atoms with van der Waals surface area (Å²) in [5, 5.41) is 9.36. The molecule has 0 aliphatic heterocycles. The molecule has 0 atom stereocenters. The highest BCUT2D eigenvalue weighted by Gasteiger charge is 2.15. The van der Waals surface area contributed by atoms with Gasteiger partial charge in [0, 0.05) is 19.3 Å². The van der Waals surface area contributed by atoms with Crippen LogP contribution in [0.1, 0.15) is 22.8 Å². The number of halogens is 1. The van der Waals surface area contributed by atoms with Gasteiger partial charge in [-0.3, -0.25) is 9.78 Å². The van der Waals surface area contributed by atoms with E-state index in [9.17, 15) is 14.3 Å². The molecule has 0 spiro atoms. The predicted molar refractivity (Wildman–Crippen MR) is 72.7 cm³/mol. The van der Waals surface area contributed by atoms with Crippen LogP contribution in [0.2, 0.25) is 0 Å². The number of benzene rings is 1. The van der Waals surface area contributed by atoms with Crippen molar-refractivity contribution in [1.82, 2.24) is 9.88 Å². The second-order valence-electron chi connectivity index (χ2n) is 4.38. The lowest BCUT2D eigenvalue weighted by Gasteiger charge is -2.21. The molecule has 1 amide bonds. The lowest BCUT2D eigenvalue weighted by Crippen LogP contribution is -2.30. The van der Waals surface area contributed by atoms with Gasteiger partial charge < -0.3 is 10.0 Å². The molecule has 2 aromatic rings. The molecule has 0 saturated heterocycles. The Labute approximate surface area is 116 Å². The standard InChI is InChI=1S/C15H15FN2O2/c1-2-18(10-11-4-3-5-13(16)6-11)15(20)12-7-14(19)9-17-8-12/h3-9,19H,2,10H2,1H3. The molecule has 4 nitrogen and oxygen atoms in total. The van der Waals surface area contributed by atoms with Gasteiger partial charge in [0.2, 0.25) is 0 Å². The number of amides is 1. The third-order valence-electron chi connectivity index (χ3n) is 2.90. The Morgan fingerprint density at radius 1 is 1.35 bits per heavy atom. The van der Waals surface area contributed by atoms with Crippen LogP contribution in [0.3, 0.4) is 0 Å². The Kier molecular flexibility index (Phi) is 4.30. The first-order chi connectivity index (χ1) is 9.60. The van der Waals surface area contributed by atoms with Crippen LogP contribution in [-0.4, -0.2) is 27.4 Å². The highest BCUT2D eigenvalue weighted by atomic mass is 19.1. The fourth-order valence-corrected chi connectivity index (χ4v) is 1.91. The predicted octanol–water partition coefficient (Wildman–Crippen LogP) is 2.59. The van der Waals surface area contributed by atoms with E-state index >= 15 is 0 Å². The summed E-state index contributed by atoms with van der Waals surface area (Å²) in [6, 6.07) is 7.50. The number of pyridine rings is 1. The van der Waals surface area contributed by atoms with Gasteiger partial charge in [-0.25, -0.2) is 4.39 Å². The second kappa shape index (κ2) is 6.14. The highest BCUT2D eigenvalue weighted by Crippen LogP contribution is 2.14. The minimum Gasteiger partial charge on any atom is -0.506 e. The molecular formula is C15H15FN2O2. The first kappa shape index (κ1) is 14.0. The number of nitrogens with zero attached hydrogens (tertiary/aromatic N) is 2. The minimum atomic E-state index is -0.329. The van der Waals surface area contributed by atoms with Crippen molar-refractivity contribution in [3.05, 3.63) is 59.7 Å². The number of carbonyl (C=O) groups excluding carboxylic acids is 1. The molecule has 104 valence electrons. The maximum Gasteiger partial charge on any atom is 0.255 e. The zero-order chi connectivity index (χ0) is 14.5. The van der Waals surface area contributed by atoms with Gasteiger partial charge in [0.25, 0.3) is 5.91 Å². The Morgan fingerprint density at radius 3 is 2.80 bits per heavy atom. The van der Waals surface area contributed by atoms with Crippen molar-refractivity contribution in [2.24, 2.45) is 0 Å². The molecule has 0 bridgehead atoms. The molecule has 2 rings (SSSR count). The zero-order valence-corrected chi connectivity index (χ0v) is 11.1. The van der Waals surface area contributed by atoms with Gasteiger partial charge >= 0.3 is 0 Å². The molecule has 0 fully saturated rings. The zero-order valence-electron chi connectivity index (χ0n) is 11.1. The summed E-state index contributed by atoms with van der Waals surface area (Å²) in [7, 11) is 0. The Hall–Kier alpha value is -2.43. The van der Waals surface area contributed by atoms with Gasteiger partial charge in [-0.2, -0.15) is 0 Å². The van der Waals surface area contributed by atoms with Crippen LogP contribution in [0.5, 0.6) is 5.75 Å². The van der Waals surface area contributed by atoms with E-state index in [1.165, 1.54) is 30.6 Å². The first-order valence-corrected chi connectivity index (χ1v) is 6.28. The summed E-state index contributed by atoms with van der Waals surface area (Å²) < 4.78 is 13.2. The molecule has 20 heavy (non-hydrogen) atoms. The molecule has 1 N–H and O–H groups in total. The number of hydrogen-bond acceptors (Lipinski definition) is 3. The summed E-state index contributed by atoms with van der Waals surface area (Å²) in [5.74, 6) is -0.636. The molecule has 1 aromatic heterocycles. The fraction of sp³-hybridized carbons (Fsp3) is 0.200. The van der Waals surface area contributed by atoms with E-state index in [-0.39, 0.29) is 17.5 Å². The summed E-state index contributed by atoms with van der Waals surface area (Å²) in [5.41, 5.74) is 1.02. The van der Waals surface area contributed by atoms with Crippen LogP contribution in [0.4, 0.5) is 4.39 Å². The first-order valence-electron chi connectivity index (χ1n) is 6.28. The van der Waals surface area contributed by atoms with Crippen molar-refractivity contribution in [3.63, 3.8) is 0 Å². The van der Waals surface area contributed by atoms with E-state index in [1.807, 2.05) is 6.92 Å². The highest BCUT2D eigenvalue weighted by molar-refractivity contribution is 5.94. The van der Waals surface area contributed by atoms with Gasteiger partial charge in [-0.1, -0.05) is 12.1 Å². The van der Waals surface area contributed by atoms with E-state index in [0.29, 0.717) is 24.2 Å². The Morgan fingerprint density at radius 2 is 2.15 bits per heavy atom. The van der Waals surface area contributed by atoms with Gasteiger partial charge in [0.15, 0.2) is 0 Å². The molecule has 0 unspecified atom stereocenters. The monoisotopic (exact) mass is 274 g/mol. The van der Waals surface area contributed by atoms with E-state index in [0.717, 1.165) is 0 Å². The van der Waals surface area contributed by atoms with Crippen LogP contribution in [0.15, 0.2) is 42.7 Å². The van der Waals surface area contributed by atoms with E-state index < -0.39 is 0 Å². The quantitative estimate of drug-likeness (QED) is 0.932. The number of hydrogen-bond donors (Lipinski definition) is 1. The van der Waals surface area contributed by atoms with Gasteiger partial charge in [-0.15, -0.1) is 0 Å². The lowest BCUT2D eigenvalue weighted by atomic mass is 10.2. The third-order valence-corrected chi connectivity index (χ3v) is 2.90. The largest absolute Gasteiger partial charge is 0.506 e. The molecule has 5 heteroatoms. The average molecular weight is 274 g/mol. The molecule has 0 radical (unpaired) electrons. The summed E-state index contributed by atoms with van der Waals surface area (Å²) in [6.45, 7) is 2.63. The summed E-state index contributed by atoms with van der Waals surface area (Å²) >= 11 is 0. The maximum absolute atomic E-state index is 13.2. The average Bonchev–Trinajstić information content (AvgIpc) is 2.44. The van der Waals surface area contributed by atoms with Crippen molar-refractivity contribution in [2.75, 3.05) is 6.54 Å². The fourth-order valence-electron chi connectivity index (χ4n) is 1.91. The van der Waals surface area contributed by atoms with E-state index in [1.54, 1.807) is 17.0 Å². The van der Waals surface area contributed by atoms with Crippen molar-refractivity contribution < 1.29 is 14.3 Å². The van der Waals surface area contributed by atoms with Crippen LogP contribution in [0, 0.1) is 5.82 Å². The number of carbonyl (C=O) groups is 1. The normalized spacial score (nSPS) is 10.3. The molecule has 1 aromatic carbocycles. The molecule has 0 aliphatic rings. The Bertz CT molecular complexity index is 616. The topological polar surface area (TPSA) is 53.4 Å². The van der Waals surface area contributed by atoms with Crippen LogP contribution in [0.25, 0.3) is 0 Å². The van der Waals surface area contributed by atoms with Crippen molar-refractivity contribution in [3.8, 4) is 5.75 Å². The van der Waals surface area contributed by atoms with Crippen molar-refractivity contribution in [2.45, 2.75) is 13.5 Å². The maximum atomic E-state index is 13.2. The summed E-state index contributed by atoms with van der Waals surface area (Å²) in [6.07, 6.45) is 2.66. The molecular weight excluding hydrogens is 259 g/mol. The van der Waals surface area contributed by atoms with Crippen LogP contribution < -0.4 is 0 Å². The van der Waals surface area contributed by atoms with E-state index in [2.05, 4.69) is 4.98 Å². The number of rotatable bonds is 4. The molecule has 1 heterocycles. The number of aromatic hydroxyl groups is 1. The van der Waals surface area contributed by atoms with Crippen molar-refractivity contribution in [1.29, 1.82) is 0 Å². The third kappa shape index (κ3) is 3.32. The lowest BCUT2D eigenvalue weighted by molar-refractivity contribution is 0.0751. The van der Waals surface area contributed by atoms with Crippen LogP contribution >= 0.6 is 0 Å². The second-order valence-corrected chi connectivity index (χ2v) is 4.38. The van der Waals surface area contributed by atoms with Gasteiger partial charge in [-0.05, 0) is 30.7 Å². The van der Waals surface area contributed by atoms with Crippen molar-refractivity contribution >= 4 is 5.91 Å². The van der Waals surface area contributed by atoms with Crippen LogP contribution in [-0.2, 0) is 6.54 Å². The number of aromatic nitrogens is 1. The smallest absolute Gasteiger partial charge is 0.255 e. The SMILES string of the molecule is CCN(Cc1cccc(F)c1)C(=O)c1cncc(O)c1. The van der Waals surface area contributed by atoms with E-state index in [4.69, 9.17) is 0 Å². The van der Waals surface area contributed by atoms with Gasteiger partial charge in [0.05, 0.1) is 11.8 Å².